The number of aliphatic hydroxyl groups is 1. The van der Waals surface area contributed by atoms with E-state index >= 15 is 0 Å². The highest BCUT2D eigenvalue weighted by Gasteiger charge is 2.78. The summed E-state index contributed by atoms with van der Waals surface area (Å²) in [5, 5.41) is 13.2. The van der Waals surface area contributed by atoms with Gasteiger partial charge in [0, 0.05) is 40.8 Å². The predicted octanol–water partition coefficient (Wildman–Crippen LogP) is 6.05. The number of benzene rings is 1. The number of esters is 5. The van der Waals surface area contributed by atoms with Crippen molar-refractivity contribution in [3.63, 3.8) is 0 Å². The lowest BCUT2D eigenvalue weighted by atomic mass is 9.33. The van der Waals surface area contributed by atoms with Crippen LogP contribution in [0.15, 0.2) is 52.5 Å². The molecule has 1 aromatic rings. The molecular weight excluding hydrogens is 736 g/mol. The van der Waals surface area contributed by atoms with Gasteiger partial charge in [-0.15, -0.1) is 0 Å². The maximum atomic E-state index is 13.6. The molecule has 11 nitrogen and oxygen atoms in total. The molecule has 0 spiro atoms. The van der Waals surface area contributed by atoms with Crippen molar-refractivity contribution in [3.8, 4) is 0 Å². The average molecular weight is 786 g/mol. The van der Waals surface area contributed by atoms with Gasteiger partial charge in [-0.3, -0.25) is 9.59 Å². The maximum Gasteiger partial charge on any atom is 0.339 e. The summed E-state index contributed by atoms with van der Waals surface area (Å²) in [4.78, 5) is 65.9. The Labute approximate surface area is 312 Å². The fourth-order valence-electron chi connectivity index (χ4n) is 11.7. The molecule has 3 fully saturated rings. The number of hydrogen-bond donors (Lipinski definition) is 1. The van der Waals surface area contributed by atoms with Crippen molar-refractivity contribution in [3.05, 3.63) is 58.1 Å². The second kappa shape index (κ2) is 13.4. The van der Waals surface area contributed by atoms with Crippen LogP contribution in [0, 0.1) is 39.4 Å². The molecule has 1 aliphatic heterocycles. The summed E-state index contributed by atoms with van der Waals surface area (Å²) < 4.78 is 30.2. The Bertz CT molecular complexity index is 1740. The van der Waals surface area contributed by atoms with Crippen LogP contribution in [0.5, 0.6) is 0 Å². The van der Waals surface area contributed by atoms with Gasteiger partial charge in [0.2, 0.25) is 0 Å². The topological polar surface area (TPSA) is 152 Å². The summed E-state index contributed by atoms with van der Waals surface area (Å²) in [7, 11) is 1.27. The lowest BCUT2D eigenvalue weighted by Crippen LogP contribution is -2.78. The molecule has 5 aliphatic rings. The minimum atomic E-state index is -1.56. The van der Waals surface area contributed by atoms with Crippen molar-refractivity contribution < 1.29 is 52.8 Å². The van der Waals surface area contributed by atoms with E-state index < -0.39 is 81.3 Å². The summed E-state index contributed by atoms with van der Waals surface area (Å²) in [6, 6.07) is 7.03. The number of rotatable bonds is 6. The third-order valence-electron chi connectivity index (χ3n) is 14.0. The van der Waals surface area contributed by atoms with Gasteiger partial charge in [0.25, 0.3) is 0 Å². The fraction of sp³-hybridized carbons (Fsp3) is 0.625. The first-order valence-corrected chi connectivity index (χ1v) is 18.9. The molecule has 0 amide bonds. The molecule has 11 atom stereocenters. The van der Waals surface area contributed by atoms with Gasteiger partial charge >= 0.3 is 29.8 Å². The molecule has 6 rings (SSSR count). The van der Waals surface area contributed by atoms with Crippen molar-refractivity contribution in [1.29, 1.82) is 0 Å². The molecule has 0 aromatic heterocycles. The second-order valence-electron chi connectivity index (χ2n) is 16.1. The van der Waals surface area contributed by atoms with E-state index in [0.29, 0.717) is 42.1 Å². The number of halogens is 1. The van der Waals surface area contributed by atoms with Crippen LogP contribution < -0.4 is 0 Å². The SMILES string of the molecule is COC(=O)C1=CCC[C@@]2(O)C3CC[C@]4(C)C(CC[C@@]5(C(C)OC(=O)c6ccccc6Br)COC(=O)C=C[C@H]54)[C@@]3(C)[C@H](OC(C)=O)[C@H](OC(C)=O)[C@@]12C. The maximum absolute atomic E-state index is 13.6. The van der Waals surface area contributed by atoms with Gasteiger partial charge in [-0.2, -0.15) is 0 Å². The van der Waals surface area contributed by atoms with Crippen molar-refractivity contribution in [1.82, 2.24) is 0 Å². The molecule has 1 aromatic carbocycles. The Morgan fingerprint density at radius 2 is 1.60 bits per heavy atom. The van der Waals surface area contributed by atoms with Crippen LogP contribution in [0.3, 0.4) is 0 Å². The lowest BCUT2D eigenvalue weighted by Gasteiger charge is -2.73. The van der Waals surface area contributed by atoms with Gasteiger partial charge in [0.15, 0.2) is 6.10 Å². The fourth-order valence-corrected chi connectivity index (χ4v) is 12.1. The molecule has 52 heavy (non-hydrogen) atoms. The van der Waals surface area contributed by atoms with Gasteiger partial charge in [-0.25, -0.2) is 14.4 Å². The van der Waals surface area contributed by atoms with Gasteiger partial charge in [0.1, 0.15) is 18.8 Å². The molecule has 1 N–H and O–H groups in total. The third kappa shape index (κ3) is 5.48. The Kier molecular flexibility index (Phi) is 9.86. The van der Waals surface area contributed by atoms with Crippen molar-refractivity contribution in [2.75, 3.05) is 13.7 Å². The van der Waals surface area contributed by atoms with E-state index in [1.165, 1.54) is 27.0 Å². The molecule has 3 saturated carbocycles. The first-order valence-electron chi connectivity index (χ1n) is 18.1. The van der Waals surface area contributed by atoms with Crippen molar-refractivity contribution in [2.45, 2.75) is 104 Å². The Morgan fingerprint density at radius 3 is 2.25 bits per heavy atom. The minimum absolute atomic E-state index is 0.0229. The van der Waals surface area contributed by atoms with E-state index in [9.17, 15) is 29.1 Å². The normalized spacial score (nSPS) is 39.8. The standard InChI is InChI=1S/C40H49BrO11/c1-22(50-34(45)25-11-8-9-13-27(25)41)39-20-17-28-36(4,29(39)14-15-31(44)49-21-39)19-16-30-37(28,5)32(51-23(2)42)33(52-24(3)43)38(6)26(35(46)48-7)12-10-18-40(30,38)47/h8-9,11-15,22,28-30,32-33,47H,10,16-21H2,1-7H3/t22?,28?,29-,30?,32+,33-,36+,37+,38+,39-,40+/m0/s1. The third-order valence-corrected chi connectivity index (χ3v) is 14.6. The summed E-state index contributed by atoms with van der Waals surface area (Å²) in [6.45, 7) is 10.3. The van der Waals surface area contributed by atoms with E-state index in [1.807, 2.05) is 26.0 Å². The molecule has 4 aliphatic carbocycles. The molecule has 282 valence electrons. The van der Waals surface area contributed by atoms with Gasteiger partial charge in [-0.1, -0.05) is 38.1 Å². The average Bonchev–Trinajstić information content (AvgIpc) is 3.26. The highest BCUT2D eigenvalue weighted by Crippen LogP contribution is 2.74. The van der Waals surface area contributed by atoms with Gasteiger partial charge < -0.3 is 28.8 Å². The van der Waals surface area contributed by atoms with E-state index in [4.69, 9.17) is 23.7 Å². The van der Waals surface area contributed by atoms with Crippen LogP contribution in [-0.2, 0) is 42.9 Å². The summed E-state index contributed by atoms with van der Waals surface area (Å²) in [6.07, 6.45) is 4.82. The Morgan fingerprint density at radius 1 is 0.942 bits per heavy atom. The smallest absolute Gasteiger partial charge is 0.339 e. The van der Waals surface area contributed by atoms with E-state index in [0.717, 1.165) is 0 Å². The van der Waals surface area contributed by atoms with Crippen molar-refractivity contribution >= 4 is 45.8 Å². The predicted molar refractivity (Wildman–Crippen MR) is 190 cm³/mol. The lowest BCUT2D eigenvalue weighted by molar-refractivity contribution is -0.320. The van der Waals surface area contributed by atoms with Crippen LogP contribution >= 0.6 is 15.9 Å². The zero-order chi connectivity index (χ0) is 38.0. The van der Waals surface area contributed by atoms with E-state index in [2.05, 4.69) is 22.9 Å². The van der Waals surface area contributed by atoms with Crippen LogP contribution in [-0.4, -0.2) is 72.6 Å². The molecule has 0 saturated heterocycles. The summed E-state index contributed by atoms with van der Waals surface area (Å²) >= 11 is 3.45. The largest absolute Gasteiger partial charge is 0.466 e. The monoisotopic (exact) mass is 784 g/mol. The number of carbonyl (C=O) groups is 5. The van der Waals surface area contributed by atoms with E-state index in [-0.39, 0.29) is 30.4 Å². The van der Waals surface area contributed by atoms with Gasteiger partial charge in [-0.05, 0) is 104 Å². The Hall–Kier alpha value is -3.51. The quantitative estimate of drug-likeness (QED) is 0.265. The molecule has 0 radical (unpaired) electrons. The van der Waals surface area contributed by atoms with Crippen LogP contribution in [0.4, 0.5) is 0 Å². The number of carbonyl (C=O) groups excluding carboxylic acids is 5. The summed E-state index contributed by atoms with van der Waals surface area (Å²) in [5.41, 5.74) is -4.88. The van der Waals surface area contributed by atoms with E-state index in [1.54, 1.807) is 31.2 Å². The number of hydrogen-bond acceptors (Lipinski definition) is 11. The zero-order valence-electron chi connectivity index (χ0n) is 30.9. The van der Waals surface area contributed by atoms with Gasteiger partial charge in [0.05, 0.1) is 23.7 Å². The first-order chi connectivity index (χ1) is 24.4. The van der Waals surface area contributed by atoms with Crippen LogP contribution in [0.2, 0.25) is 0 Å². The number of allylic oxidation sites excluding steroid dienone is 2. The highest BCUT2D eigenvalue weighted by atomic mass is 79.9. The zero-order valence-corrected chi connectivity index (χ0v) is 32.4. The Balaban J connectivity index is 1.49. The number of fused-ring (bicyclic) bond motifs is 7. The summed E-state index contributed by atoms with van der Waals surface area (Å²) in [5.74, 6) is -3.99. The molecule has 0 bridgehead atoms. The number of cyclic esters (lactones) is 1. The molecule has 12 heteroatoms. The number of methoxy groups -OCH3 is 1. The van der Waals surface area contributed by atoms with Crippen LogP contribution in [0.25, 0.3) is 0 Å². The minimum Gasteiger partial charge on any atom is -0.466 e. The molecule has 1 heterocycles. The van der Waals surface area contributed by atoms with Crippen molar-refractivity contribution in [2.24, 2.45) is 39.4 Å². The van der Waals surface area contributed by atoms with Crippen LogP contribution in [0.1, 0.15) is 90.4 Å². The number of ether oxygens (including phenoxy) is 5. The molecule has 3 unspecified atom stereocenters. The first kappa shape index (κ1) is 38.2. The highest BCUT2D eigenvalue weighted by molar-refractivity contribution is 9.10. The molecular formula is C40H49BrO11. The second-order valence-corrected chi connectivity index (χ2v) is 16.9.